The first-order chi connectivity index (χ1) is 11.9. The molecular formula is C19H32N4O2Si. The zero-order valence-corrected chi connectivity index (χ0v) is 17.8. The molecule has 1 aromatic rings. The second kappa shape index (κ2) is 7.48. The van der Waals surface area contributed by atoms with Gasteiger partial charge in [-0.2, -0.15) is 0 Å². The van der Waals surface area contributed by atoms with Crippen molar-refractivity contribution < 1.29 is 9.22 Å². The van der Waals surface area contributed by atoms with Crippen LogP contribution in [-0.2, 0) is 10.8 Å². The molecule has 1 aliphatic rings. The van der Waals surface area contributed by atoms with Crippen LogP contribution in [0.2, 0.25) is 18.1 Å². The van der Waals surface area contributed by atoms with Gasteiger partial charge in [-0.1, -0.05) is 27.2 Å². The summed E-state index contributed by atoms with van der Waals surface area (Å²) in [4.78, 5) is 17.1. The van der Waals surface area contributed by atoms with E-state index in [1.807, 2.05) is 13.0 Å². The third-order valence-electron chi connectivity index (χ3n) is 5.54. The van der Waals surface area contributed by atoms with Crippen LogP contribution in [-0.4, -0.2) is 25.2 Å². The largest absolute Gasteiger partial charge is 0.410 e. The molecule has 1 heterocycles. The Hall–Kier alpha value is -1.73. The average Bonchev–Trinajstić information content (AvgIpc) is 2.66. The van der Waals surface area contributed by atoms with E-state index < -0.39 is 8.32 Å². The molecule has 0 aromatic carbocycles. The summed E-state index contributed by atoms with van der Waals surface area (Å²) in [5, 5.41) is 9.78. The highest BCUT2D eigenvalue weighted by Gasteiger charge is 2.40. The predicted octanol–water partition coefficient (Wildman–Crippen LogP) is 3.80. The first-order valence-corrected chi connectivity index (χ1v) is 12.2. The molecule has 2 rings (SSSR count). The molecule has 7 heteroatoms. The molecule has 0 radical (unpaired) electrons. The summed E-state index contributed by atoms with van der Waals surface area (Å²) >= 11 is 0. The van der Waals surface area contributed by atoms with Crippen molar-refractivity contribution in [2.45, 2.75) is 77.6 Å². The second-order valence-electron chi connectivity index (χ2n) is 8.64. The van der Waals surface area contributed by atoms with Crippen LogP contribution in [0, 0.1) is 12.3 Å². The fourth-order valence-electron chi connectivity index (χ4n) is 3.00. The summed E-state index contributed by atoms with van der Waals surface area (Å²) in [5.74, 6) is -0.751. The summed E-state index contributed by atoms with van der Waals surface area (Å²) in [7, 11) is -1.95. The first kappa shape index (κ1) is 20.6. The van der Waals surface area contributed by atoms with E-state index in [1.54, 1.807) is 0 Å². The second-order valence-corrected chi connectivity index (χ2v) is 13.4. The third kappa shape index (κ3) is 4.51. The topological polar surface area (TPSA) is 101 Å². The quantitative estimate of drug-likeness (QED) is 0.323. The molecule has 1 aromatic heterocycles. The summed E-state index contributed by atoms with van der Waals surface area (Å²) in [6.07, 6.45) is 3.98. The van der Waals surface area contributed by atoms with Crippen LogP contribution < -0.4 is 11.1 Å². The number of carbonyl (C=O) groups is 1. The summed E-state index contributed by atoms with van der Waals surface area (Å²) < 4.78 is 6.71. The van der Waals surface area contributed by atoms with E-state index in [0.29, 0.717) is 11.3 Å². The first-order valence-electron chi connectivity index (χ1n) is 9.26. The number of nitrogens with two attached hydrogens (primary N) is 1. The fourth-order valence-corrected chi connectivity index (χ4v) is 4.31. The minimum Gasteiger partial charge on any atom is -0.410 e. The van der Waals surface area contributed by atoms with Crippen molar-refractivity contribution in [3.63, 3.8) is 0 Å². The highest BCUT2D eigenvalue weighted by atomic mass is 28.4. The van der Waals surface area contributed by atoms with E-state index in [4.69, 9.17) is 20.6 Å². The number of amides is 1. The number of rotatable bonds is 3. The molecule has 4 N–H and O–H groups in total. The molecule has 6 nitrogen and oxygen atoms in total. The van der Waals surface area contributed by atoms with E-state index >= 15 is 0 Å². The molecule has 26 heavy (non-hydrogen) atoms. The lowest BCUT2D eigenvalue weighted by Crippen LogP contribution is -2.42. The third-order valence-corrected chi connectivity index (χ3v) is 10.0. The fraction of sp³-hybridized carbons (Fsp3) is 0.632. The van der Waals surface area contributed by atoms with Crippen LogP contribution >= 0.6 is 0 Å². The molecular weight excluding hydrogens is 344 g/mol. The van der Waals surface area contributed by atoms with Crippen molar-refractivity contribution in [2.24, 2.45) is 5.73 Å². The maximum atomic E-state index is 12.4. The van der Waals surface area contributed by atoms with Crippen LogP contribution in [0.4, 0.5) is 0 Å². The number of fused-ring (bicyclic) bond motifs is 1. The van der Waals surface area contributed by atoms with Crippen LogP contribution in [0.15, 0.2) is 6.07 Å². The summed E-state index contributed by atoms with van der Waals surface area (Å²) in [5.41, 5.74) is 8.49. The number of carbonyl (C=O) groups excluding carboxylic acids is 1. The van der Waals surface area contributed by atoms with Crippen molar-refractivity contribution >= 4 is 20.2 Å². The lowest BCUT2D eigenvalue weighted by atomic mass is 10.0. The van der Waals surface area contributed by atoms with Crippen molar-refractivity contribution in [2.75, 3.05) is 0 Å². The molecule has 1 amide bonds. The molecule has 144 valence electrons. The van der Waals surface area contributed by atoms with Gasteiger partial charge in [0.25, 0.3) is 5.91 Å². The Labute approximate surface area is 157 Å². The van der Waals surface area contributed by atoms with Crippen LogP contribution in [0.3, 0.4) is 0 Å². The van der Waals surface area contributed by atoms with Gasteiger partial charge in [-0.05, 0) is 50.4 Å². The Morgan fingerprint density at radius 3 is 2.62 bits per heavy atom. The van der Waals surface area contributed by atoms with Crippen molar-refractivity contribution in [3.05, 3.63) is 28.6 Å². The van der Waals surface area contributed by atoms with Crippen molar-refractivity contribution in [1.29, 1.82) is 5.41 Å². The van der Waals surface area contributed by atoms with Crippen LogP contribution in [0.5, 0.6) is 0 Å². The normalized spacial score (nSPS) is 18.0. The zero-order valence-electron chi connectivity index (χ0n) is 16.8. The molecule has 1 atom stereocenters. The number of hydrogen-bond acceptors (Lipinski definition) is 4. The smallest absolute Gasteiger partial charge is 0.259 e. The number of aryl methyl sites for hydroxylation is 2. The predicted molar refractivity (Wildman–Crippen MR) is 107 cm³/mol. The number of aromatic nitrogens is 1. The van der Waals surface area contributed by atoms with Gasteiger partial charge in [-0.15, -0.1) is 0 Å². The van der Waals surface area contributed by atoms with Gasteiger partial charge in [-0.3, -0.25) is 20.5 Å². The molecule has 1 aliphatic carbocycles. The minimum atomic E-state index is -1.95. The number of pyridine rings is 1. The SMILES string of the molecule is Cc1nc2c(cc1C(=O)NC(=N)N)C(O[Si](C)(C)C(C)(C)C)CCCC2. The van der Waals surface area contributed by atoms with Crippen molar-refractivity contribution in [3.8, 4) is 0 Å². The van der Waals surface area contributed by atoms with E-state index in [-0.39, 0.29) is 23.0 Å². The molecule has 0 spiro atoms. The van der Waals surface area contributed by atoms with Gasteiger partial charge >= 0.3 is 0 Å². The minimum absolute atomic E-state index is 0.0367. The maximum Gasteiger partial charge on any atom is 0.259 e. The Balaban J connectivity index is 2.44. The van der Waals surface area contributed by atoms with Gasteiger partial charge in [0.2, 0.25) is 0 Å². The molecule has 0 saturated carbocycles. The van der Waals surface area contributed by atoms with Crippen molar-refractivity contribution in [1.82, 2.24) is 10.3 Å². The van der Waals surface area contributed by atoms with Crippen LogP contribution in [0.25, 0.3) is 0 Å². The van der Waals surface area contributed by atoms with Gasteiger partial charge in [0.15, 0.2) is 14.3 Å². The lowest BCUT2D eigenvalue weighted by molar-refractivity contribution is 0.0975. The van der Waals surface area contributed by atoms with Crippen LogP contribution in [0.1, 0.15) is 73.4 Å². The number of hydrogen-bond donors (Lipinski definition) is 3. The Morgan fingerprint density at radius 1 is 1.38 bits per heavy atom. The number of nitrogens with one attached hydrogen (secondary N) is 2. The monoisotopic (exact) mass is 376 g/mol. The van der Waals surface area contributed by atoms with Gasteiger partial charge in [0.05, 0.1) is 17.4 Å². The van der Waals surface area contributed by atoms with Gasteiger partial charge in [0, 0.05) is 11.3 Å². The standard InChI is InChI=1S/C19H32N4O2Si/c1-12-13(17(24)23-18(20)21)11-14-15(22-12)9-7-8-10-16(14)25-26(5,6)19(2,3)4/h11,16H,7-10H2,1-6H3,(H4,20,21,23,24). The zero-order chi connectivity index (χ0) is 19.7. The van der Waals surface area contributed by atoms with E-state index in [9.17, 15) is 4.79 Å². The Morgan fingerprint density at radius 2 is 2.04 bits per heavy atom. The number of guanidine groups is 1. The lowest BCUT2D eigenvalue weighted by Gasteiger charge is -2.39. The Bertz CT molecular complexity index is 710. The van der Waals surface area contributed by atoms with E-state index in [0.717, 1.165) is 36.9 Å². The molecule has 0 saturated heterocycles. The molecule has 0 bridgehead atoms. The van der Waals surface area contributed by atoms with E-state index in [1.165, 1.54) is 0 Å². The highest BCUT2D eigenvalue weighted by Crippen LogP contribution is 2.42. The van der Waals surface area contributed by atoms with Gasteiger partial charge in [-0.25, -0.2) is 0 Å². The van der Waals surface area contributed by atoms with E-state index in [2.05, 4.69) is 39.2 Å². The van der Waals surface area contributed by atoms with Gasteiger partial charge < -0.3 is 10.2 Å². The molecule has 0 fully saturated rings. The summed E-state index contributed by atoms with van der Waals surface area (Å²) in [6, 6.07) is 1.90. The highest BCUT2D eigenvalue weighted by molar-refractivity contribution is 6.74. The molecule has 0 aliphatic heterocycles. The average molecular weight is 377 g/mol. The Kier molecular flexibility index (Phi) is 5.92. The number of nitrogens with zero attached hydrogens (tertiary/aromatic N) is 1. The molecule has 1 unspecified atom stereocenters. The maximum absolute atomic E-state index is 12.4. The van der Waals surface area contributed by atoms with Gasteiger partial charge in [0.1, 0.15) is 0 Å². The summed E-state index contributed by atoms with van der Waals surface area (Å²) in [6.45, 7) is 13.0.